The number of carbonyl (C=O) groups excluding carboxylic acids is 3. The summed E-state index contributed by atoms with van der Waals surface area (Å²) in [5.41, 5.74) is 1.19. The summed E-state index contributed by atoms with van der Waals surface area (Å²) >= 11 is 0. The molecule has 0 aliphatic rings. The fourth-order valence-corrected chi connectivity index (χ4v) is 1.63. The molecule has 1 rings (SSSR count). The van der Waals surface area contributed by atoms with Crippen molar-refractivity contribution >= 4 is 23.5 Å². The van der Waals surface area contributed by atoms with Crippen LogP contribution in [0.25, 0.3) is 0 Å². The smallest absolute Gasteiger partial charge is 0.319 e. The van der Waals surface area contributed by atoms with Gasteiger partial charge in [0.2, 0.25) is 0 Å². The van der Waals surface area contributed by atoms with E-state index < -0.39 is 0 Å². The van der Waals surface area contributed by atoms with Crippen LogP contribution in [0.3, 0.4) is 0 Å². The van der Waals surface area contributed by atoms with E-state index in [-0.39, 0.29) is 24.2 Å². The highest BCUT2D eigenvalue weighted by atomic mass is 16.5. The van der Waals surface area contributed by atoms with Crippen LogP contribution in [-0.2, 0) is 9.53 Å². The maximum atomic E-state index is 11.6. The number of esters is 1. The van der Waals surface area contributed by atoms with Crippen molar-refractivity contribution in [2.45, 2.75) is 26.7 Å². The predicted octanol–water partition coefficient (Wildman–Crippen LogP) is 2.35. The summed E-state index contributed by atoms with van der Waals surface area (Å²) in [7, 11) is 0. The number of ether oxygens (including phenoxy) is 1. The van der Waals surface area contributed by atoms with Crippen LogP contribution in [-0.4, -0.2) is 30.9 Å². The highest BCUT2D eigenvalue weighted by Gasteiger charge is 2.04. The first-order chi connectivity index (χ1) is 10.0. The van der Waals surface area contributed by atoms with Gasteiger partial charge in [0.25, 0.3) is 0 Å². The number of carbonyl (C=O) groups is 3. The number of rotatable bonds is 7. The number of anilines is 1. The molecule has 2 N–H and O–H groups in total. The molecule has 2 amide bonds. The molecule has 114 valence electrons. The van der Waals surface area contributed by atoms with E-state index in [2.05, 4.69) is 10.6 Å². The normalized spacial score (nSPS) is 9.81. The molecule has 0 saturated carbocycles. The van der Waals surface area contributed by atoms with Gasteiger partial charge in [-0.05, 0) is 44.5 Å². The van der Waals surface area contributed by atoms with Gasteiger partial charge in [-0.2, -0.15) is 0 Å². The Morgan fingerprint density at radius 2 is 1.81 bits per heavy atom. The Labute approximate surface area is 123 Å². The molecule has 0 spiro atoms. The van der Waals surface area contributed by atoms with E-state index in [0.29, 0.717) is 30.8 Å². The average molecular weight is 292 g/mol. The largest absolute Gasteiger partial charge is 0.466 e. The lowest BCUT2D eigenvalue weighted by Gasteiger charge is -2.08. The molecule has 0 bridgehead atoms. The third-order valence-corrected chi connectivity index (χ3v) is 2.70. The Kier molecular flexibility index (Phi) is 6.94. The predicted molar refractivity (Wildman–Crippen MR) is 79.3 cm³/mol. The first-order valence-corrected chi connectivity index (χ1v) is 6.84. The molecular weight excluding hydrogens is 272 g/mol. The second-order valence-corrected chi connectivity index (χ2v) is 4.42. The van der Waals surface area contributed by atoms with Gasteiger partial charge in [-0.15, -0.1) is 0 Å². The van der Waals surface area contributed by atoms with Gasteiger partial charge in [0.1, 0.15) is 0 Å². The molecule has 1 aromatic carbocycles. The van der Waals surface area contributed by atoms with Crippen LogP contribution in [0.15, 0.2) is 24.3 Å². The van der Waals surface area contributed by atoms with Crippen LogP contribution < -0.4 is 10.6 Å². The number of hydrogen-bond acceptors (Lipinski definition) is 4. The minimum atomic E-state index is -0.352. The molecule has 21 heavy (non-hydrogen) atoms. The van der Waals surface area contributed by atoms with Crippen molar-refractivity contribution in [3.8, 4) is 0 Å². The number of amides is 2. The lowest BCUT2D eigenvalue weighted by atomic mass is 10.1. The summed E-state index contributed by atoms with van der Waals surface area (Å²) in [6, 6.07) is 6.27. The Bertz CT molecular complexity index is 497. The Morgan fingerprint density at radius 1 is 1.14 bits per heavy atom. The number of hydrogen-bond donors (Lipinski definition) is 2. The molecule has 6 nitrogen and oxygen atoms in total. The maximum absolute atomic E-state index is 11.6. The van der Waals surface area contributed by atoms with Gasteiger partial charge in [0, 0.05) is 24.2 Å². The van der Waals surface area contributed by atoms with Gasteiger partial charge in [0.15, 0.2) is 5.78 Å². The summed E-state index contributed by atoms with van der Waals surface area (Å²) in [4.78, 5) is 33.8. The van der Waals surface area contributed by atoms with Crippen molar-refractivity contribution in [2.24, 2.45) is 0 Å². The van der Waals surface area contributed by atoms with Crippen molar-refractivity contribution in [3.05, 3.63) is 29.8 Å². The van der Waals surface area contributed by atoms with E-state index in [1.807, 2.05) is 0 Å². The van der Waals surface area contributed by atoms with Crippen molar-refractivity contribution in [3.63, 3.8) is 0 Å². The van der Waals surface area contributed by atoms with Crippen LogP contribution in [0.4, 0.5) is 10.5 Å². The molecule has 0 aliphatic carbocycles. The first-order valence-electron chi connectivity index (χ1n) is 6.84. The van der Waals surface area contributed by atoms with Gasteiger partial charge in [-0.25, -0.2) is 4.79 Å². The fourth-order valence-electron chi connectivity index (χ4n) is 1.63. The van der Waals surface area contributed by atoms with Crippen molar-refractivity contribution < 1.29 is 19.1 Å². The van der Waals surface area contributed by atoms with E-state index >= 15 is 0 Å². The summed E-state index contributed by atoms with van der Waals surface area (Å²) in [5.74, 6) is -0.288. The highest BCUT2D eigenvalue weighted by Crippen LogP contribution is 2.09. The molecule has 1 aromatic rings. The number of nitrogens with one attached hydrogen (secondary N) is 2. The lowest BCUT2D eigenvalue weighted by molar-refractivity contribution is -0.143. The van der Waals surface area contributed by atoms with E-state index in [1.165, 1.54) is 6.92 Å². The van der Waals surface area contributed by atoms with Crippen molar-refractivity contribution in [2.75, 3.05) is 18.5 Å². The van der Waals surface area contributed by atoms with Crippen molar-refractivity contribution in [1.82, 2.24) is 5.32 Å². The zero-order valence-corrected chi connectivity index (χ0v) is 12.3. The van der Waals surface area contributed by atoms with E-state index in [1.54, 1.807) is 31.2 Å². The van der Waals surface area contributed by atoms with Gasteiger partial charge in [-0.3, -0.25) is 9.59 Å². The molecular formula is C15H20N2O4. The van der Waals surface area contributed by atoms with Crippen molar-refractivity contribution in [1.29, 1.82) is 0 Å². The minimum Gasteiger partial charge on any atom is -0.466 e. The van der Waals surface area contributed by atoms with Crippen LogP contribution >= 0.6 is 0 Å². The standard InChI is InChI=1S/C15H20N2O4/c1-3-21-14(19)5-4-10-16-15(20)17-13-8-6-12(7-9-13)11(2)18/h6-9H,3-5,10H2,1-2H3,(H2,16,17,20). The lowest BCUT2D eigenvalue weighted by Crippen LogP contribution is -2.29. The van der Waals surface area contributed by atoms with E-state index in [0.717, 1.165) is 0 Å². The molecule has 0 unspecified atom stereocenters. The van der Waals surface area contributed by atoms with Gasteiger partial charge in [-0.1, -0.05) is 0 Å². The Morgan fingerprint density at radius 3 is 2.38 bits per heavy atom. The minimum absolute atomic E-state index is 0.0232. The molecule has 0 radical (unpaired) electrons. The van der Waals surface area contributed by atoms with Gasteiger partial charge in [0.05, 0.1) is 6.61 Å². The molecule has 0 atom stereocenters. The number of Topliss-reactive ketones (excluding diaryl/α,β-unsaturated/α-hetero) is 1. The third-order valence-electron chi connectivity index (χ3n) is 2.70. The maximum Gasteiger partial charge on any atom is 0.319 e. The second-order valence-electron chi connectivity index (χ2n) is 4.42. The van der Waals surface area contributed by atoms with Gasteiger partial charge >= 0.3 is 12.0 Å². The third kappa shape index (κ3) is 6.56. The second kappa shape index (κ2) is 8.73. The number of benzene rings is 1. The van der Waals surface area contributed by atoms with Crippen LogP contribution in [0.2, 0.25) is 0 Å². The molecule has 0 saturated heterocycles. The van der Waals surface area contributed by atoms with Crippen LogP contribution in [0.1, 0.15) is 37.0 Å². The summed E-state index contributed by atoms with van der Waals surface area (Å²) < 4.78 is 4.78. The topological polar surface area (TPSA) is 84.5 Å². The SMILES string of the molecule is CCOC(=O)CCCNC(=O)Nc1ccc(C(C)=O)cc1. The zero-order chi connectivity index (χ0) is 15.7. The summed E-state index contributed by atoms with van der Waals surface area (Å²) in [6.45, 7) is 3.98. The zero-order valence-electron chi connectivity index (χ0n) is 12.3. The quantitative estimate of drug-likeness (QED) is 0.459. The summed E-state index contributed by atoms with van der Waals surface area (Å²) in [6.07, 6.45) is 0.803. The first kappa shape index (κ1) is 16.7. The molecule has 0 fully saturated rings. The Hall–Kier alpha value is -2.37. The van der Waals surface area contributed by atoms with Gasteiger partial charge < -0.3 is 15.4 Å². The van der Waals surface area contributed by atoms with Crippen LogP contribution in [0, 0.1) is 0 Å². The number of urea groups is 1. The van der Waals surface area contributed by atoms with Crippen LogP contribution in [0.5, 0.6) is 0 Å². The monoisotopic (exact) mass is 292 g/mol. The molecule has 6 heteroatoms. The molecule has 0 aliphatic heterocycles. The average Bonchev–Trinajstić information content (AvgIpc) is 2.44. The fraction of sp³-hybridized carbons (Fsp3) is 0.400. The molecule has 0 heterocycles. The summed E-state index contributed by atoms with van der Waals surface area (Å²) in [5, 5.41) is 5.29. The number of ketones is 1. The highest BCUT2D eigenvalue weighted by molar-refractivity contribution is 5.95. The molecule has 0 aromatic heterocycles. The van der Waals surface area contributed by atoms with E-state index in [4.69, 9.17) is 4.74 Å². The Balaban J connectivity index is 2.27. The van der Waals surface area contributed by atoms with E-state index in [9.17, 15) is 14.4 Å².